The molecule has 0 aromatic carbocycles. The summed E-state index contributed by atoms with van der Waals surface area (Å²) in [7, 11) is -4.22. The number of nitrogens with two attached hydrogens (primary N) is 1. The van der Waals surface area contributed by atoms with Crippen molar-refractivity contribution in [3.05, 3.63) is 26.6 Å². The molecule has 1 heterocycles. The maximum absolute atomic E-state index is 12.3. The Bertz CT molecular complexity index is 540. The molecular weight excluding hydrogens is 298 g/mol. The second kappa shape index (κ2) is 3.99. The summed E-state index contributed by atoms with van der Waals surface area (Å²) in [6.07, 6.45) is -2.92. The van der Waals surface area contributed by atoms with E-state index in [1.54, 1.807) is 4.98 Å². The van der Waals surface area contributed by atoms with Crippen molar-refractivity contribution in [2.45, 2.75) is 11.3 Å². The van der Waals surface area contributed by atoms with Crippen LogP contribution in [0.2, 0.25) is 0 Å². The average molecular weight is 303 g/mol. The largest absolute Gasteiger partial charge is 0.319 e. The van der Waals surface area contributed by atoms with Gasteiger partial charge in [0.05, 0.1) is 5.69 Å². The van der Waals surface area contributed by atoms with Crippen LogP contribution in [0.3, 0.4) is 0 Å². The molecule has 0 aliphatic carbocycles. The van der Waals surface area contributed by atoms with E-state index in [4.69, 9.17) is 5.14 Å². The molecule has 1 aromatic heterocycles. The molecular formula is C6H5BrF2N2O3S. The van der Waals surface area contributed by atoms with Crippen molar-refractivity contribution in [1.29, 1.82) is 0 Å². The molecule has 0 aliphatic heterocycles. The predicted molar refractivity (Wildman–Crippen MR) is 51.1 cm³/mol. The number of aromatic amines is 1. The molecule has 15 heavy (non-hydrogen) atoms. The minimum atomic E-state index is -4.22. The van der Waals surface area contributed by atoms with Crippen LogP contribution in [0.1, 0.15) is 12.1 Å². The van der Waals surface area contributed by atoms with Crippen LogP contribution in [0.15, 0.2) is 20.2 Å². The topological polar surface area (TPSA) is 93.0 Å². The van der Waals surface area contributed by atoms with Crippen molar-refractivity contribution < 1.29 is 17.2 Å². The fraction of sp³-hybridized carbons (Fsp3) is 0.167. The molecule has 5 nitrogen and oxygen atoms in total. The molecule has 84 valence electrons. The Morgan fingerprint density at radius 3 is 2.40 bits per heavy atom. The average Bonchev–Trinajstić information content (AvgIpc) is 2.06. The van der Waals surface area contributed by atoms with E-state index in [1.807, 2.05) is 0 Å². The van der Waals surface area contributed by atoms with Gasteiger partial charge in [-0.25, -0.2) is 22.3 Å². The van der Waals surface area contributed by atoms with Gasteiger partial charge in [0.25, 0.3) is 12.0 Å². The van der Waals surface area contributed by atoms with E-state index >= 15 is 0 Å². The molecule has 0 fully saturated rings. The molecule has 3 N–H and O–H groups in total. The number of primary sulfonamides is 1. The maximum atomic E-state index is 12.3. The molecule has 1 rings (SSSR count). The molecule has 0 amide bonds. The highest BCUT2D eigenvalue weighted by molar-refractivity contribution is 9.10. The van der Waals surface area contributed by atoms with E-state index in [0.717, 1.165) is 6.07 Å². The molecule has 0 aliphatic rings. The van der Waals surface area contributed by atoms with Crippen LogP contribution in [0.5, 0.6) is 0 Å². The zero-order chi connectivity index (χ0) is 11.8. The first-order valence-corrected chi connectivity index (χ1v) is 5.81. The first kappa shape index (κ1) is 12.3. The fourth-order valence-electron chi connectivity index (χ4n) is 0.872. The number of sulfonamides is 1. The second-order valence-electron chi connectivity index (χ2n) is 2.57. The normalized spacial score (nSPS) is 12.1. The summed E-state index contributed by atoms with van der Waals surface area (Å²) < 4.78 is 46.0. The number of rotatable bonds is 2. The second-order valence-corrected chi connectivity index (χ2v) is 4.95. The monoisotopic (exact) mass is 302 g/mol. The number of H-pyrrole nitrogens is 1. The quantitative estimate of drug-likeness (QED) is 0.843. The van der Waals surface area contributed by atoms with Gasteiger partial charge in [0.1, 0.15) is 4.90 Å². The van der Waals surface area contributed by atoms with Crippen LogP contribution in [-0.4, -0.2) is 13.4 Å². The van der Waals surface area contributed by atoms with Gasteiger partial charge in [-0.2, -0.15) is 0 Å². The van der Waals surface area contributed by atoms with Crippen molar-refractivity contribution in [2.24, 2.45) is 5.14 Å². The lowest BCUT2D eigenvalue weighted by Gasteiger charge is -2.04. The lowest BCUT2D eigenvalue weighted by Crippen LogP contribution is -2.24. The van der Waals surface area contributed by atoms with E-state index < -0.39 is 32.6 Å². The zero-order valence-corrected chi connectivity index (χ0v) is 9.40. The molecule has 9 heteroatoms. The first-order chi connectivity index (χ1) is 6.73. The van der Waals surface area contributed by atoms with E-state index in [-0.39, 0.29) is 4.47 Å². The van der Waals surface area contributed by atoms with Gasteiger partial charge in [-0.15, -0.1) is 0 Å². The highest BCUT2D eigenvalue weighted by Gasteiger charge is 2.19. The smallest absolute Gasteiger partial charge is 0.279 e. The van der Waals surface area contributed by atoms with Gasteiger partial charge in [-0.05, 0) is 22.0 Å². The van der Waals surface area contributed by atoms with Crippen LogP contribution in [0.4, 0.5) is 8.78 Å². The number of alkyl halides is 2. The third kappa shape index (κ3) is 2.61. The van der Waals surface area contributed by atoms with Crippen LogP contribution >= 0.6 is 15.9 Å². The summed E-state index contributed by atoms with van der Waals surface area (Å²) in [5.74, 6) is 0. The Hall–Kier alpha value is -0.800. The lowest BCUT2D eigenvalue weighted by molar-refractivity contribution is 0.144. The van der Waals surface area contributed by atoms with Crippen molar-refractivity contribution >= 4 is 26.0 Å². The fourth-order valence-corrected chi connectivity index (χ4v) is 2.12. The Morgan fingerprint density at radius 2 is 2.00 bits per heavy atom. The van der Waals surface area contributed by atoms with Gasteiger partial charge < -0.3 is 4.98 Å². The molecule has 1 aromatic rings. The summed E-state index contributed by atoms with van der Waals surface area (Å²) in [5, 5.41) is 4.70. The number of aromatic nitrogens is 1. The van der Waals surface area contributed by atoms with E-state index in [1.165, 1.54) is 0 Å². The van der Waals surface area contributed by atoms with Crippen molar-refractivity contribution in [2.75, 3.05) is 0 Å². The van der Waals surface area contributed by atoms with Crippen molar-refractivity contribution in [3.63, 3.8) is 0 Å². The minimum absolute atomic E-state index is 0.221. The Morgan fingerprint density at radius 1 is 1.47 bits per heavy atom. The van der Waals surface area contributed by atoms with Crippen LogP contribution in [0.25, 0.3) is 0 Å². The summed E-state index contributed by atoms with van der Waals surface area (Å²) in [6, 6.07) is 0.746. The van der Waals surface area contributed by atoms with Gasteiger partial charge in [0, 0.05) is 4.47 Å². The number of hydrogen-bond donors (Lipinski definition) is 2. The molecule has 0 radical (unpaired) electrons. The molecule has 0 saturated carbocycles. The highest BCUT2D eigenvalue weighted by atomic mass is 79.9. The molecule has 0 atom stereocenters. The number of halogens is 3. The van der Waals surface area contributed by atoms with Gasteiger partial charge in [0.2, 0.25) is 10.0 Å². The molecule has 0 spiro atoms. The molecule has 0 saturated heterocycles. The SMILES string of the molecule is NS(=O)(=O)c1cc(Br)c(C(F)F)[nH]c1=O. The van der Waals surface area contributed by atoms with Gasteiger partial charge in [-0.1, -0.05) is 0 Å². The van der Waals surface area contributed by atoms with Gasteiger partial charge >= 0.3 is 0 Å². The third-order valence-corrected chi connectivity index (χ3v) is 3.08. The van der Waals surface area contributed by atoms with Crippen LogP contribution < -0.4 is 10.7 Å². The summed E-state index contributed by atoms with van der Waals surface area (Å²) >= 11 is 2.70. The zero-order valence-electron chi connectivity index (χ0n) is 7.00. The highest BCUT2D eigenvalue weighted by Crippen LogP contribution is 2.24. The predicted octanol–water partition coefficient (Wildman–Crippen LogP) is 0.722. The van der Waals surface area contributed by atoms with Crippen molar-refractivity contribution in [1.82, 2.24) is 4.98 Å². The van der Waals surface area contributed by atoms with Gasteiger partial charge in [0.15, 0.2) is 0 Å². The number of nitrogens with one attached hydrogen (secondary N) is 1. The third-order valence-electron chi connectivity index (χ3n) is 1.51. The Balaban J connectivity index is 3.53. The van der Waals surface area contributed by atoms with E-state index in [0.29, 0.717) is 0 Å². The minimum Gasteiger partial charge on any atom is -0.319 e. The van der Waals surface area contributed by atoms with E-state index in [9.17, 15) is 22.0 Å². The number of hydrogen-bond acceptors (Lipinski definition) is 3. The number of pyridine rings is 1. The summed E-state index contributed by atoms with van der Waals surface area (Å²) in [4.78, 5) is 12.0. The first-order valence-electron chi connectivity index (χ1n) is 3.47. The lowest BCUT2D eigenvalue weighted by atomic mass is 10.3. The standard InChI is InChI=1S/C6H5BrF2N2O3S/c7-2-1-3(15(10,13)14)6(12)11-4(2)5(8)9/h1,5H,(H,11,12)(H2,10,13,14). The van der Waals surface area contributed by atoms with Gasteiger partial charge in [-0.3, -0.25) is 4.79 Å². The summed E-state index contributed by atoms with van der Waals surface area (Å²) in [5.41, 5.74) is -1.86. The van der Waals surface area contributed by atoms with Crippen LogP contribution in [-0.2, 0) is 10.0 Å². The Kier molecular flexibility index (Phi) is 3.26. The Labute approximate surface area is 91.5 Å². The van der Waals surface area contributed by atoms with Crippen molar-refractivity contribution in [3.8, 4) is 0 Å². The molecule has 0 bridgehead atoms. The summed E-state index contributed by atoms with van der Waals surface area (Å²) in [6.45, 7) is 0. The molecule has 0 unspecified atom stereocenters. The van der Waals surface area contributed by atoms with E-state index in [2.05, 4.69) is 15.9 Å². The maximum Gasteiger partial charge on any atom is 0.279 e. The van der Waals surface area contributed by atoms with Crippen LogP contribution in [0, 0.1) is 0 Å².